The van der Waals surface area contributed by atoms with E-state index in [0.29, 0.717) is 0 Å². The van der Waals surface area contributed by atoms with E-state index in [1.807, 2.05) is 0 Å². The maximum atomic E-state index is 9.26. The van der Waals surface area contributed by atoms with Gasteiger partial charge in [0.2, 0.25) is 0 Å². The number of rotatable bonds is 6. The summed E-state index contributed by atoms with van der Waals surface area (Å²) in [5.41, 5.74) is 0. The summed E-state index contributed by atoms with van der Waals surface area (Å²) < 4.78 is 5.13. The Balaban J connectivity index is -0.000000177. The number of carbonyl (C=O) groups is 1. The van der Waals surface area contributed by atoms with E-state index < -0.39 is 12.1 Å². The molecule has 0 aliphatic rings. The van der Waals surface area contributed by atoms with Crippen LogP contribution in [0.25, 0.3) is 0 Å². The molecule has 0 fully saturated rings. The average Bonchev–Trinajstić information content (AvgIpc) is 2.31. The van der Waals surface area contributed by atoms with Gasteiger partial charge in [0.05, 0.1) is 12.7 Å². The van der Waals surface area contributed by atoms with Crippen LogP contribution < -0.4 is 5.11 Å². The van der Waals surface area contributed by atoms with Crippen LogP contribution in [-0.2, 0) is 9.53 Å². The van der Waals surface area contributed by atoms with Crippen LogP contribution in [0.15, 0.2) is 0 Å². The van der Waals surface area contributed by atoms with Gasteiger partial charge in [-0.2, -0.15) is 0 Å². The third-order valence-electron chi connectivity index (χ3n) is 1.25. The zero-order valence-corrected chi connectivity index (χ0v) is 11.4. The summed E-state index contributed by atoms with van der Waals surface area (Å²) in [6.07, 6.45) is 1.83. The zero-order valence-electron chi connectivity index (χ0n) is 11.4. The Kier molecular flexibility index (Phi) is 26.4. The standard InChI is InChI=1S/C6H14O.C3H8O2.C3H6O2/c1-3-5-7-6-4-2;1-3(5)2-4;1-2-3(4)5/h3-6H2,1-2H3;3-5H,2H2,1H3;2H2,1H3,(H,4,5)/p-1. The van der Waals surface area contributed by atoms with Crippen LogP contribution >= 0.6 is 0 Å². The topological polar surface area (TPSA) is 89.8 Å². The van der Waals surface area contributed by atoms with Crippen LogP contribution in [0.3, 0.4) is 0 Å². The Labute approximate surface area is 104 Å². The normalized spacial score (nSPS) is 10.5. The highest BCUT2D eigenvalue weighted by molar-refractivity contribution is 5.63. The molecule has 0 spiro atoms. The number of aliphatic hydroxyl groups excluding tert-OH is 2. The summed E-state index contributed by atoms with van der Waals surface area (Å²) in [7, 11) is 0. The Bertz CT molecular complexity index is 133. The maximum absolute atomic E-state index is 9.26. The van der Waals surface area contributed by atoms with Crippen molar-refractivity contribution in [3.8, 4) is 0 Å². The molecule has 1 unspecified atom stereocenters. The molecule has 0 amide bonds. The van der Waals surface area contributed by atoms with Gasteiger partial charge in [-0.3, -0.25) is 0 Å². The molecule has 1 atom stereocenters. The van der Waals surface area contributed by atoms with E-state index in [-0.39, 0.29) is 13.0 Å². The highest BCUT2D eigenvalue weighted by Crippen LogP contribution is 1.81. The molecule has 0 saturated carbocycles. The summed E-state index contributed by atoms with van der Waals surface area (Å²) in [5, 5.41) is 25.3. The average molecular weight is 251 g/mol. The Morgan fingerprint density at radius 3 is 1.65 bits per heavy atom. The van der Waals surface area contributed by atoms with Crippen molar-refractivity contribution in [2.45, 2.75) is 53.1 Å². The first kappa shape index (κ1) is 21.6. The van der Waals surface area contributed by atoms with Gasteiger partial charge in [0.25, 0.3) is 0 Å². The number of hydrogen-bond donors (Lipinski definition) is 2. The quantitative estimate of drug-likeness (QED) is 0.664. The molecule has 106 valence electrons. The second kappa shape index (κ2) is 20.7. The van der Waals surface area contributed by atoms with Gasteiger partial charge in [0, 0.05) is 19.2 Å². The molecule has 0 radical (unpaired) electrons. The molecule has 0 aliphatic carbocycles. The minimum Gasteiger partial charge on any atom is -0.550 e. The highest BCUT2D eigenvalue weighted by atomic mass is 16.5. The summed E-state index contributed by atoms with van der Waals surface area (Å²) >= 11 is 0. The van der Waals surface area contributed by atoms with E-state index in [9.17, 15) is 9.90 Å². The van der Waals surface area contributed by atoms with E-state index in [2.05, 4.69) is 13.8 Å². The third kappa shape index (κ3) is 50.6. The summed E-state index contributed by atoms with van der Waals surface area (Å²) in [5.74, 6) is -0.995. The second-order valence-electron chi connectivity index (χ2n) is 3.37. The summed E-state index contributed by atoms with van der Waals surface area (Å²) in [6, 6.07) is 0. The summed E-state index contributed by atoms with van der Waals surface area (Å²) in [6.45, 7) is 9.02. The molecule has 0 aromatic heterocycles. The Morgan fingerprint density at radius 2 is 1.53 bits per heavy atom. The predicted molar refractivity (Wildman–Crippen MR) is 65.5 cm³/mol. The lowest BCUT2D eigenvalue weighted by Gasteiger charge is -1.95. The van der Waals surface area contributed by atoms with E-state index >= 15 is 0 Å². The molecule has 0 bridgehead atoms. The van der Waals surface area contributed by atoms with Crippen LogP contribution in [0.2, 0.25) is 0 Å². The van der Waals surface area contributed by atoms with Crippen LogP contribution in [-0.4, -0.2) is 42.1 Å². The molecule has 17 heavy (non-hydrogen) atoms. The molecule has 0 aromatic carbocycles. The maximum Gasteiger partial charge on any atom is 0.0742 e. The van der Waals surface area contributed by atoms with Crippen molar-refractivity contribution in [2.75, 3.05) is 19.8 Å². The molecule has 0 heterocycles. The minimum atomic E-state index is -0.995. The molecular weight excluding hydrogens is 224 g/mol. The zero-order chi connectivity index (χ0) is 14.1. The van der Waals surface area contributed by atoms with Crippen molar-refractivity contribution < 1.29 is 24.9 Å². The van der Waals surface area contributed by atoms with Crippen molar-refractivity contribution in [2.24, 2.45) is 0 Å². The lowest BCUT2D eigenvalue weighted by Crippen LogP contribution is -2.19. The number of carboxylic acids is 1. The van der Waals surface area contributed by atoms with E-state index in [0.717, 1.165) is 26.1 Å². The van der Waals surface area contributed by atoms with Gasteiger partial charge in [-0.25, -0.2) is 0 Å². The number of carbonyl (C=O) groups excluding carboxylic acids is 1. The fourth-order valence-corrected chi connectivity index (χ4v) is 0.391. The van der Waals surface area contributed by atoms with Crippen molar-refractivity contribution >= 4 is 5.97 Å². The first-order chi connectivity index (χ1) is 7.95. The van der Waals surface area contributed by atoms with Crippen LogP contribution in [0.1, 0.15) is 47.0 Å². The van der Waals surface area contributed by atoms with Gasteiger partial charge in [0.1, 0.15) is 0 Å². The molecular formula is C12H27O5-. The van der Waals surface area contributed by atoms with E-state index in [4.69, 9.17) is 14.9 Å². The molecule has 5 nitrogen and oxygen atoms in total. The van der Waals surface area contributed by atoms with Crippen molar-refractivity contribution in [1.29, 1.82) is 0 Å². The smallest absolute Gasteiger partial charge is 0.0742 e. The second-order valence-corrected chi connectivity index (χ2v) is 3.37. The van der Waals surface area contributed by atoms with Gasteiger partial charge in [-0.15, -0.1) is 0 Å². The summed E-state index contributed by atoms with van der Waals surface area (Å²) in [4.78, 5) is 9.26. The van der Waals surface area contributed by atoms with Gasteiger partial charge >= 0.3 is 0 Å². The number of aliphatic carboxylic acids is 1. The molecule has 0 aliphatic heterocycles. The molecule has 0 aromatic rings. The van der Waals surface area contributed by atoms with Gasteiger partial charge in [0.15, 0.2) is 0 Å². The number of ether oxygens (including phenoxy) is 1. The third-order valence-corrected chi connectivity index (χ3v) is 1.25. The number of hydrogen-bond acceptors (Lipinski definition) is 5. The number of carboxylic acid groups (broad SMARTS) is 1. The minimum absolute atomic E-state index is 0.111. The fourth-order valence-electron chi connectivity index (χ4n) is 0.391. The lowest BCUT2D eigenvalue weighted by molar-refractivity contribution is -0.305. The lowest BCUT2D eigenvalue weighted by atomic mass is 10.5. The SMILES string of the molecule is CC(O)CO.CCC(=O)[O-].CCCOCCC. The molecule has 0 saturated heterocycles. The Hall–Kier alpha value is -0.650. The van der Waals surface area contributed by atoms with E-state index in [1.165, 1.54) is 13.8 Å². The fraction of sp³-hybridized carbons (Fsp3) is 0.917. The van der Waals surface area contributed by atoms with Gasteiger partial charge in [-0.1, -0.05) is 20.8 Å². The Morgan fingerprint density at radius 1 is 1.24 bits per heavy atom. The predicted octanol–water partition coefficient (Wildman–Crippen LogP) is 0.329. The highest BCUT2D eigenvalue weighted by Gasteiger charge is 1.83. The van der Waals surface area contributed by atoms with Crippen molar-refractivity contribution in [3.05, 3.63) is 0 Å². The first-order valence-electron chi connectivity index (χ1n) is 6.02. The first-order valence-corrected chi connectivity index (χ1v) is 6.02. The van der Waals surface area contributed by atoms with Crippen molar-refractivity contribution in [3.63, 3.8) is 0 Å². The van der Waals surface area contributed by atoms with Crippen LogP contribution in [0.5, 0.6) is 0 Å². The van der Waals surface area contributed by atoms with E-state index in [1.54, 1.807) is 0 Å². The van der Waals surface area contributed by atoms with Crippen LogP contribution in [0.4, 0.5) is 0 Å². The van der Waals surface area contributed by atoms with Gasteiger partial charge < -0.3 is 24.9 Å². The van der Waals surface area contributed by atoms with Gasteiger partial charge in [-0.05, 0) is 26.2 Å². The van der Waals surface area contributed by atoms with Crippen molar-refractivity contribution in [1.82, 2.24) is 0 Å². The molecule has 2 N–H and O–H groups in total. The monoisotopic (exact) mass is 251 g/mol. The molecule has 0 rings (SSSR count). The van der Waals surface area contributed by atoms with Crippen LogP contribution in [0, 0.1) is 0 Å². The molecule has 5 heteroatoms. The largest absolute Gasteiger partial charge is 0.550 e. The number of aliphatic hydroxyl groups is 2.